The molecule has 0 aliphatic carbocycles. The molecule has 0 atom stereocenters. The van der Waals surface area contributed by atoms with Gasteiger partial charge in [-0.15, -0.1) is 0 Å². The van der Waals surface area contributed by atoms with Crippen LogP contribution in [0.15, 0.2) is 6.20 Å². The molecule has 3 heterocycles. The number of nitrogen functional groups attached to an aromatic ring is 1. The second kappa shape index (κ2) is 5.82. The van der Waals surface area contributed by atoms with Crippen molar-refractivity contribution in [3.8, 4) is 0 Å². The topological polar surface area (TPSA) is 99.0 Å². The Hall–Kier alpha value is -1.93. The fourth-order valence-electron chi connectivity index (χ4n) is 2.89. The van der Waals surface area contributed by atoms with Gasteiger partial charge in [0.2, 0.25) is 5.95 Å². The lowest BCUT2D eigenvalue weighted by atomic mass is 9.96. The van der Waals surface area contributed by atoms with E-state index in [0.29, 0.717) is 17.5 Å². The number of H-pyrrole nitrogens is 1. The van der Waals surface area contributed by atoms with Crippen LogP contribution in [0.4, 0.5) is 11.8 Å². The van der Waals surface area contributed by atoms with Gasteiger partial charge in [0.25, 0.3) is 0 Å². The molecule has 1 saturated heterocycles. The first-order chi connectivity index (χ1) is 10.2. The number of fused-ring (bicyclic) bond motifs is 1. The molecule has 8 nitrogen and oxygen atoms in total. The molecule has 2 aromatic rings. The molecular weight excluding hydrogens is 268 g/mol. The number of hydrazine groups is 1. The van der Waals surface area contributed by atoms with Gasteiger partial charge in [0, 0.05) is 13.6 Å². The third-order valence-electron chi connectivity index (χ3n) is 4.15. The molecule has 21 heavy (non-hydrogen) atoms. The van der Waals surface area contributed by atoms with Crippen molar-refractivity contribution in [3.63, 3.8) is 0 Å². The lowest BCUT2D eigenvalue weighted by Gasteiger charge is -2.32. The molecule has 1 fully saturated rings. The monoisotopic (exact) mass is 290 g/mol. The second-order valence-corrected chi connectivity index (χ2v) is 5.77. The number of aromatic nitrogens is 4. The minimum Gasteiger partial charge on any atom is -0.359 e. The summed E-state index contributed by atoms with van der Waals surface area (Å²) in [5, 5.41) is 7.84. The van der Waals surface area contributed by atoms with E-state index in [0.717, 1.165) is 17.7 Å². The lowest BCUT2D eigenvalue weighted by molar-refractivity contribution is 0.222. The number of hydrogen-bond donors (Lipinski definition) is 3. The molecule has 0 bridgehead atoms. The number of likely N-dealkylation sites (tertiary alicyclic amines) is 1. The second-order valence-electron chi connectivity index (χ2n) is 5.77. The Balaban J connectivity index is 1.80. The number of anilines is 2. The predicted octanol–water partition coefficient (Wildman–Crippen LogP) is 0.417. The van der Waals surface area contributed by atoms with Crippen LogP contribution in [-0.4, -0.2) is 58.8 Å². The van der Waals surface area contributed by atoms with E-state index in [2.05, 4.69) is 49.5 Å². The molecule has 0 unspecified atom stereocenters. The summed E-state index contributed by atoms with van der Waals surface area (Å²) in [6, 6.07) is 0. The number of nitrogens with one attached hydrogen (secondary N) is 2. The summed E-state index contributed by atoms with van der Waals surface area (Å²) < 4.78 is 0. The van der Waals surface area contributed by atoms with Crippen LogP contribution in [0.25, 0.3) is 11.0 Å². The Morgan fingerprint density at radius 2 is 2.19 bits per heavy atom. The summed E-state index contributed by atoms with van der Waals surface area (Å²) in [5.74, 6) is 7.40. The number of piperidine rings is 1. The van der Waals surface area contributed by atoms with Crippen molar-refractivity contribution in [1.82, 2.24) is 25.1 Å². The zero-order chi connectivity index (χ0) is 14.8. The van der Waals surface area contributed by atoms with Crippen molar-refractivity contribution in [1.29, 1.82) is 0 Å². The fraction of sp³-hybridized carbons (Fsp3) is 0.615. The van der Waals surface area contributed by atoms with Gasteiger partial charge < -0.3 is 9.80 Å². The largest absolute Gasteiger partial charge is 0.359 e. The molecule has 0 amide bonds. The molecular formula is C13H22N8. The van der Waals surface area contributed by atoms with Gasteiger partial charge in [-0.2, -0.15) is 15.1 Å². The van der Waals surface area contributed by atoms with E-state index >= 15 is 0 Å². The number of hydrogen-bond acceptors (Lipinski definition) is 7. The maximum atomic E-state index is 5.44. The molecule has 1 aliphatic heterocycles. The third kappa shape index (κ3) is 2.91. The van der Waals surface area contributed by atoms with Gasteiger partial charge >= 0.3 is 0 Å². The first kappa shape index (κ1) is 14.0. The van der Waals surface area contributed by atoms with E-state index in [9.17, 15) is 0 Å². The molecule has 0 spiro atoms. The molecule has 0 radical (unpaired) electrons. The normalized spacial score (nSPS) is 17.3. The standard InChI is InChI=1S/C13H22N8/c1-20-5-3-9(4-6-20)8-21(2)12-10-7-15-19-11(10)16-13(17-12)18-14/h7,9H,3-6,8,14H2,1-2H3,(H2,15,16,17,18,19). The summed E-state index contributed by atoms with van der Waals surface area (Å²) in [6.45, 7) is 3.31. The van der Waals surface area contributed by atoms with Crippen molar-refractivity contribution in [2.45, 2.75) is 12.8 Å². The van der Waals surface area contributed by atoms with Crippen molar-refractivity contribution >= 4 is 22.8 Å². The molecule has 4 N–H and O–H groups in total. The Bertz CT molecular complexity index is 601. The van der Waals surface area contributed by atoms with E-state index in [1.165, 1.54) is 25.9 Å². The summed E-state index contributed by atoms with van der Waals surface area (Å²) in [5.41, 5.74) is 3.21. The summed E-state index contributed by atoms with van der Waals surface area (Å²) in [6.07, 6.45) is 4.21. The van der Waals surface area contributed by atoms with Gasteiger partial charge in [0.05, 0.1) is 11.6 Å². The van der Waals surface area contributed by atoms with Crippen molar-refractivity contribution in [2.24, 2.45) is 11.8 Å². The molecule has 1 aliphatic rings. The van der Waals surface area contributed by atoms with E-state index in [-0.39, 0.29) is 0 Å². The summed E-state index contributed by atoms with van der Waals surface area (Å²) in [7, 11) is 4.24. The molecule has 8 heteroatoms. The average Bonchev–Trinajstić information content (AvgIpc) is 2.96. The zero-order valence-corrected chi connectivity index (χ0v) is 12.5. The Morgan fingerprint density at radius 1 is 1.43 bits per heavy atom. The fourth-order valence-corrected chi connectivity index (χ4v) is 2.89. The molecule has 2 aromatic heterocycles. The molecule has 0 saturated carbocycles. The van der Waals surface area contributed by atoms with Crippen LogP contribution in [0, 0.1) is 5.92 Å². The van der Waals surface area contributed by atoms with Crippen LogP contribution in [-0.2, 0) is 0 Å². The Morgan fingerprint density at radius 3 is 2.90 bits per heavy atom. The highest BCUT2D eigenvalue weighted by atomic mass is 15.3. The highest BCUT2D eigenvalue weighted by molar-refractivity contribution is 5.87. The van der Waals surface area contributed by atoms with E-state index in [4.69, 9.17) is 5.84 Å². The first-order valence-corrected chi connectivity index (χ1v) is 7.25. The predicted molar refractivity (Wildman–Crippen MR) is 83.0 cm³/mol. The number of nitrogens with two attached hydrogens (primary N) is 1. The van der Waals surface area contributed by atoms with E-state index in [1.807, 2.05) is 0 Å². The van der Waals surface area contributed by atoms with Crippen LogP contribution in [0.2, 0.25) is 0 Å². The highest BCUT2D eigenvalue weighted by Crippen LogP contribution is 2.25. The van der Waals surface area contributed by atoms with Crippen molar-refractivity contribution < 1.29 is 0 Å². The molecule has 114 valence electrons. The highest BCUT2D eigenvalue weighted by Gasteiger charge is 2.20. The smallest absolute Gasteiger partial charge is 0.241 e. The minimum absolute atomic E-state index is 0.400. The quantitative estimate of drug-likeness (QED) is 0.554. The third-order valence-corrected chi connectivity index (χ3v) is 4.15. The molecule has 3 rings (SSSR count). The maximum Gasteiger partial charge on any atom is 0.241 e. The number of nitrogens with zero attached hydrogens (tertiary/aromatic N) is 5. The van der Waals surface area contributed by atoms with E-state index < -0.39 is 0 Å². The van der Waals surface area contributed by atoms with Gasteiger partial charge in [0.15, 0.2) is 5.65 Å². The summed E-state index contributed by atoms with van der Waals surface area (Å²) >= 11 is 0. The van der Waals surface area contributed by atoms with Crippen LogP contribution < -0.4 is 16.2 Å². The Kier molecular flexibility index (Phi) is 3.89. The van der Waals surface area contributed by atoms with Crippen LogP contribution in [0.1, 0.15) is 12.8 Å². The van der Waals surface area contributed by atoms with E-state index in [1.54, 1.807) is 6.20 Å². The summed E-state index contributed by atoms with van der Waals surface area (Å²) in [4.78, 5) is 13.3. The minimum atomic E-state index is 0.400. The molecule has 0 aromatic carbocycles. The maximum absolute atomic E-state index is 5.44. The Labute approximate surface area is 123 Å². The van der Waals surface area contributed by atoms with Gasteiger partial charge in [-0.3, -0.25) is 10.5 Å². The average molecular weight is 290 g/mol. The lowest BCUT2D eigenvalue weighted by Crippen LogP contribution is -2.36. The van der Waals surface area contributed by atoms with Crippen LogP contribution in [0.5, 0.6) is 0 Å². The van der Waals surface area contributed by atoms with Crippen LogP contribution in [0.3, 0.4) is 0 Å². The van der Waals surface area contributed by atoms with Gasteiger partial charge in [-0.1, -0.05) is 0 Å². The van der Waals surface area contributed by atoms with Gasteiger partial charge in [0.1, 0.15) is 5.82 Å². The van der Waals surface area contributed by atoms with Crippen molar-refractivity contribution in [2.75, 3.05) is 44.1 Å². The first-order valence-electron chi connectivity index (χ1n) is 7.25. The number of rotatable bonds is 4. The number of aromatic amines is 1. The zero-order valence-electron chi connectivity index (χ0n) is 12.5. The van der Waals surface area contributed by atoms with Gasteiger partial charge in [-0.05, 0) is 38.9 Å². The SMILES string of the molecule is CN1CCC(CN(C)c2nc(NN)nc3[nH]ncc23)CC1. The van der Waals surface area contributed by atoms with Crippen LogP contribution >= 0.6 is 0 Å². The van der Waals surface area contributed by atoms with Crippen molar-refractivity contribution in [3.05, 3.63) is 6.20 Å². The van der Waals surface area contributed by atoms with Gasteiger partial charge in [-0.25, -0.2) is 5.84 Å².